The number of hydrogen-bond donors (Lipinski definition) is 1. The Morgan fingerprint density at radius 3 is 2.81 bits per heavy atom. The first-order valence-electron chi connectivity index (χ1n) is 6.50. The standard InChI is InChI=1S/C16H14BrN3O/c1-10-3-4-11(15(21)7-10)9-18-16-19-13-6-5-12(17)8-14(13)20(16)2/h3-9,21H,1-2H3. The molecule has 0 aliphatic heterocycles. The van der Waals surface area contributed by atoms with Gasteiger partial charge in [-0.2, -0.15) is 0 Å². The molecule has 0 radical (unpaired) electrons. The van der Waals surface area contributed by atoms with Gasteiger partial charge in [0.15, 0.2) is 0 Å². The molecule has 21 heavy (non-hydrogen) atoms. The predicted octanol–water partition coefficient (Wildman–Crippen LogP) is 4.10. The molecule has 1 heterocycles. The molecular formula is C16H14BrN3O. The minimum absolute atomic E-state index is 0.222. The van der Waals surface area contributed by atoms with Crippen LogP contribution in [-0.2, 0) is 7.05 Å². The van der Waals surface area contributed by atoms with E-state index in [0.717, 1.165) is 21.1 Å². The maximum atomic E-state index is 9.89. The first-order chi connectivity index (χ1) is 10.0. The average molecular weight is 344 g/mol. The maximum absolute atomic E-state index is 9.89. The summed E-state index contributed by atoms with van der Waals surface area (Å²) in [6.45, 7) is 1.93. The van der Waals surface area contributed by atoms with E-state index in [1.54, 1.807) is 12.3 Å². The van der Waals surface area contributed by atoms with Gasteiger partial charge in [-0.15, -0.1) is 0 Å². The minimum atomic E-state index is 0.222. The maximum Gasteiger partial charge on any atom is 0.230 e. The Kier molecular flexibility index (Phi) is 3.51. The van der Waals surface area contributed by atoms with E-state index in [1.807, 2.05) is 48.9 Å². The SMILES string of the molecule is Cc1ccc(C=Nc2nc3ccc(Br)cc3n2C)c(O)c1. The van der Waals surface area contributed by atoms with Gasteiger partial charge in [-0.25, -0.2) is 9.98 Å². The molecule has 4 nitrogen and oxygen atoms in total. The number of nitrogens with zero attached hydrogens (tertiary/aromatic N) is 3. The Balaban J connectivity index is 2.01. The van der Waals surface area contributed by atoms with Crippen LogP contribution in [0.15, 0.2) is 45.9 Å². The second-order valence-electron chi connectivity index (χ2n) is 4.92. The lowest BCUT2D eigenvalue weighted by Gasteiger charge is -2.00. The Morgan fingerprint density at radius 2 is 2.05 bits per heavy atom. The van der Waals surface area contributed by atoms with E-state index in [4.69, 9.17) is 0 Å². The third-order valence-electron chi connectivity index (χ3n) is 3.32. The van der Waals surface area contributed by atoms with Crippen molar-refractivity contribution in [3.63, 3.8) is 0 Å². The van der Waals surface area contributed by atoms with Crippen molar-refractivity contribution in [2.24, 2.45) is 12.0 Å². The summed E-state index contributed by atoms with van der Waals surface area (Å²) in [5.41, 5.74) is 3.58. The number of hydrogen-bond acceptors (Lipinski definition) is 3. The first-order valence-corrected chi connectivity index (χ1v) is 7.29. The summed E-state index contributed by atoms with van der Waals surface area (Å²) in [6.07, 6.45) is 1.63. The van der Waals surface area contributed by atoms with E-state index in [0.29, 0.717) is 11.5 Å². The number of benzene rings is 2. The van der Waals surface area contributed by atoms with Gasteiger partial charge in [-0.05, 0) is 42.8 Å². The van der Waals surface area contributed by atoms with E-state index in [1.165, 1.54) is 0 Å². The molecule has 106 valence electrons. The van der Waals surface area contributed by atoms with E-state index >= 15 is 0 Å². The van der Waals surface area contributed by atoms with Crippen LogP contribution >= 0.6 is 15.9 Å². The van der Waals surface area contributed by atoms with Crippen LogP contribution in [-0.4, -0.2) is 20.9 Å². The monoisotopic (exact) mass is 343 g/mol. The summed E-state index contributed by atoms with van der Waals surface area (Å²) >= 11 is 3.46. The number of phenols is 1. The van der Waals surface area contributed by atoms with E-state index in [9.17, 15) is 5.11 Å². The zero-order valence-electron chi connectivity index (χ0n) is 11.7. The van der Waals surface area contributed by atoms with Gasteiger partial charge in [0, 0.05) is 23.3 Å². The van der Waals surface area contributed by atoms with Gasteiger partial charge in [0.25, 0.3) is 0 Å². The molecular weight excluding hydrogens is 330 g/mol. The molecule has 3 rings (SSSR count). The summed E-state index contributed by atoms with van der Waals surface area (Å²) < 4.78 is 2.92. The molecule has 0 amide bonds. The fourth-order valence-corrected chi connectivity index (χ4v) is 2.50. The number of phenolic OH excluding ortho intramolecular Hbond substituents is 1. The summed E-state index contributed by atoms with van der Waals surface area (Å²) in [4.78, 5) is 8.86. The fraction of sp³-hybridized carbons (Fsp3) is 0.125. The zero-order valence-corrected chi connectivity index (χ0v) is 13.3. The number of fused-ring (bicyclic) bond motifs is 1. The summed E-state index contributed by atoms with van der Waals surface area (Å²) in [5, 5.41) is 9.89. The Morgan fingerprint density at radius 1 is 1.24 bits per heavy atom. The van der Waals surface area contributed by atoms with Gasteiger partial charge in [0.1, 0.15) is 5.75 Å². The van der Waals surface area contributed by atoms with E-state index in [2.05, 4.69) is 25.9 Å². The summed E-state index contributed by atoms with van der Waals surface area (Å²) in [7, 11) is 1.92. The van der Waals surface area contributed by atoms with Crippen molar-refractivity contribution in [3.8, 4) is 5.75 Å². The number of aromatic nitrogens is 2. The van der Waals surface area contributed by atoms with Gasteiger partial charge < -0.3 is 9.67 Å². The largest absolute Gasteiger partial charge is 0.507 e. The molecule has 0 unspecified atom stereocenters. The quantitative estimate of drug-likeness (QED) is 0.712. The highest BCUT2D eigenvalue weighted by molar-refractivity contribution is 9.10. The van der Waals surface area contributed by atoms with Crippen molar-refractivity contribution in [2.75, 3.05) is 0 Å². The molecule has 0 aliphatic carbocycles. The highest BCUT2D eigenvalue weighted by atomic mass is 79.9. The molecule has 0 atom stereocenters. The van der Waals surface area contributed by atoms with Crippen molar-refractivity contribution in [1.82, 2.24) is 9.55 Å². The number of aryl methyl sites for hydroxylation is 2. The number of aromatic hydroxyl groups is 1. The van der Waals surface area contributed by atoms with Crippen LogP contribution in [0.1, 0.15) is 11.1 Å². The third kappa shape index (κ3) is 2.69. The van der Waals surface area contributed by atoms with Gasteiger partial charge in [-0.3, -0.25) is 0 Å². The van der Waals surface area contributed by atoms with Gasteiger partial charge in [0.05, 0.1) is 11.0 Å². The lowest BCUT2D eigenvalue weighted by molar-refractivity contribution is 0.474. The lowest BCUT2D eigenvalue weighted by Crippen LogP contribution is -1.88. The second-order valence-corrected chi connectivity index (χ2v) is 5.84. The van der Waals surface area contributed by atoms with Gasteiger partial charge in [-0.1, -0.05) is 22.0 Å². The number of imidazole rings is 1. The van der Waals surface area contributed by atoms with Crippen LogP contribution < -0.4 is 0 Å². The molecule has 1 N–H and O–H groups in total. The lowest BCUT2D eigenvalue weighted by atomic mass is 10.1. The van der Waals surface area contributed by atoms with Crippen LogP contribution in [0.5, 0.6) is 5.75 Å². The molecule has 0 spiro atoms. The average Bonchev–Trinajstić information content (AvgIpc) is 2.75. The van der Waals surface area contributed by atoms with Crippen LogP contribution in [0, 0.1) is 6.92 Å². The van der Waals surface area contributed by atoms with Gasteiger partial charge in [0.2, 0.25) is 5.95 Å². The van der Waals surface area contributed by atoms with Crippen LogP contribution in [0.3, 0.4) is 0 Å². The van der Waals surface area contributed by atoms with Crippen LogP contribution in [0.4, 0.5) is 5.95 Å². The molecule has 5 heteroatoms. The Hall–Kier alpha value is -2.14. The highest BCUT2D eigenvalue weighted by Gasteiger charge is 2.07. The topological polar surface area (TPSA) is 50.4 Å². The van der Waals surface area contributed by atoms with Crippen molar-refractivity contribution in [2.45, 2.75) is 6.92 Å². The van der Waals surface area contributed by atoms with Gasteiger partial charge >= 0.3 is 0 Å². The van der Waals surface area contributed by atoms with Crippen LogP contribution in [0.25, 0.3) is 11.0 Å². The van der Waals surface area contributed by atoms with E-state index in [-0.39, 0.29) is 5.75 Å². The highest BCUT2D eigenvalue weighted by Crippen LogP contribution is 2.24. The molecule has 0 aliphatic rings. The molecule has 3 aromatic rings. The fourth-order valence-electron chi connectivity index (χ4n) is 2.16. The van der Waals surface area contributed by atoms with Crippen molar-refractivity contribution >= 4 is 39.1 Å². The summed E-state index contributed by atoms with van der Waals surface area (Å²) in [6, 6.07) is 11.4. The van der Waals surface area contributed by atoms with E-state index < -0.39 is 0 Å². The Labute approximate surface area is 130 Å². The van der Waals surface area contributed by atoms with Crippen LogP contribution in [0.2, 0.25) is 0 Å². The number of aliphatic imine (C=N–C) groups is 1. The predicted molar refractivity (Wildman–Crippen MR) is 88.5 cm³/mol. The third-order valence-corrected chi connectivity index (χ3v) is 3.82. The number of halogens is 1. The zero-order chi connectivity index (χ0) is 15.0. The molecule has 0 bridgehead atoms. The van der Waals surface area contributed by atoms with Crippen molar-refractivity contribution in [1.29, 1.82) is 0 Å². The Bertz CT molecular complexity index is 852. The normalized spacial score (nSPS) is 11.6. The minimum Gasteiger partial charge on any atom is -0.507 e. The molecule has 2 aromatic carbocycles. The van der Waals surface area contributed by atoms with Crippen molar-refractivity contribution in [3.05, 3.63) is 52.0 Å². The molecule has 0 saturated heterocycles. The summed E-state index contributed by atoms with van der Waals surface area (Å²) in [5.74, 6) is 0.823. The number of rotatable bonds is 2. The first kappa shape index (κ1) is 13.8. The molecule has 0 fully saturated rings. The van der Waals surface area contributed by atoms with Crippen molar-refractivity contribution < 1.29 is 5.11 Å². The smallest absolute Gasteiger partial charge is 0.230 e. The second kappa shape index (κ2) is 5.33. The molecule has 1 aromatic heterocycles. The molecule has 0 saturated carbocycles.